The average molecular weight is 325 g/mol. The van der Waals surface area contributed by atoms with Crippen molar-refractivity contribution >= 4 is 11.8 Å². The Labute approximate surface area is 139 Å². The quantitative estimate of drug-likeness (QED) is 0.736. The number of nitrogens with one attached hydrogen (secondary N) is 1. The van der Waals surface area contributed by atoms with E-state index in [1.165, 1.54) is 0 Å². The van der Waals surface area contributed by atoms with Crippen LogP contribution in [0.2, 0.25) is 0 Å². The summed E-state index contributed by atoms with van der Waals surface area (Å²) in [5.41, 5.74) is -0.954. The zero-order valence-electron chi connectivity index (χ0n) is 14.9. The van der Waals surface area contributed by atoms with Crippen LogP contribution in [0.25, 0.3) is 0 Å². The Balaban J connectivity index is 1.89. The van der Waals surface area contributed by atoms with Crippen molar-refractivity contribution in [2.75, 3.05) is 39.8 Å². The number of amides is 2. The molecule has 0 aromatic heterocycles. The van der Waals surface area contributed by atoms with Gasteiger partial charge in [-0.25, -0.2) is 0 Å². The fourth-order valence-electron chi connectivity index (χ4n) is 3.26. The normalized spacial score (nSPS) is 23.1. The number of carbonyl (C=O) groups excluding carboxylic acids is 2. The lowest BCUT2D eigenvalue weighted by molar-refractivity contribution is -0.158. The fraction of sp³-hybridized carbons (Fsp3) is 0.882. The van der Waals surface area contributed by atoms with Gasteiger partial charge in [-0.15, -0.1) is 0 Å². The number of carbonyl (C=O) groups is 2. The van der Waals surface area contributed by atoms with E-state index in [0.29, 0.717) is 32.5 Å². The SMILES string of the molecule is CNC(=O)C1(C(=O)N2CCN(CC(O)C(C)(C)C)CC2)CCC1. The first-order valence-corrected chi connectivity index (χ1v) is 8.63. The standard InChI is InChI=1S/C17H31N3O3/c1-16(2,3)13(21)12-19-8-10-20(11-9-19)15(23)17(6-5-7-17)14(22)18-4/h13,21H,5-12H2,1-4H3,(H,18,22). The van der Waals surface area contributed by atoms with E-state index in [1.807, 2.05) is 25.7 Å². The molecule has 2 fully saturated rings. The second-order valence-electron chi connectivity index (χ2n) is 7.99. The van der Waals surface area contributed by atoms with Gasteiger partial charge in [0.15, 0.2) is 0 Å². The van der Waals surface area contributed by atoms with Crippen LogP contribution < -0.4 is 5.32 Å². The number of hydrogen-bond acceptors (Lipinski definition) is 4. The van der Waals surface area contributed by atoms with Crippen molar-refractivity contribution in [1.29, 1.82) is 0 Å². The number of nitrogens with zero attached hydrogens (tertiary/aromatic N) is 2. The first-order valence-electron chi connectivity index (χ1n) is 8.63. The largest absolute Gasteiger partial charge is 0.391 e. The first-order chi connectivity index (χ1) is 10.7. The summed E-state index contributed by atoms with van der Waals surface area (Å²) >= 11 is 0. The summed E-state index contributed by atoms with van der Waals surface area (Å²) in [6.45, 7) is 9.49. The van der Waals surface area contributed by atoms with Gasteiger partial charge in [-0.2, -0.15) is 0 Å². The van der Waals surface area contributed by atoms with Crippen molar-refractivity contribution in [1.82, 2.24) is 15.1 Å². The highest BCUT2D eigenvalue weighted by molar-refractivity contribution is 6.05. The molecule has 1 heterocycles. The molecule has 0 bridgehead atoms. The van der Waals surface area contributed by atoms with Gasteiger partial charge in [0.05, 0.1) is 6.10 Å². The molecule has 23 heavy (non-hydrogen) atoms. The van der Waals surface area contributed by atoms with E-state index in [-0.39, 0.29) is 23.3 Å². The highest BCUT2D eigenvalue weighted by Gasteiger charge is 2.52. The molecule has 1 aliphatic carbocycles. The van der Waals surface area contributed by atoms with Crippen LogP contribution in [-0.4, -0.2) is 72.6 Å². The van der Waals surface area contributed by atoms with Gasteiger partial charge in [-0.3, -0.25) is 14.5 Å². The Morgan fingerprint density at radius 3 is 2.13 bits per heavy atom. The maximum Gasteiger partial charge on any atom is 0.238 e. The molecule has 0 aromatic carbocycles. The van der Waals surface area contributed by atoms with Gasteiger partial charge >= 0.3 is 0 Å². The number of aliphatic hydroxyl groups is 1. The van der Waals surface area contributed by atoms with Crippen LogP contribution in [0.5, 0.6) is 0 Å². The fourth-order valence-corrected chi connectivity index (χ4v) is 3.26. The Hall–Kier alpha value is -1.14. The van der Waals surface area contributed by atoms with Crippen LogP contribution >= 0.6 is 0 Å². The Kier molecular flexibility index (Phi) is 5.36. The molecule has 1 unspecified atom stereocenters. The third-order valence-corrected chi connectivity index (χ3v) is 5.37. The number of piperazine rings is 1. The molecule has 132 valence electrons. The van der Waals surface area contributed by atoms with Crippen molar-refractivity contribution in [3.05, 3.63) is 0 Å². The highest BCUT2D eigenvalue weighted by Crippen LogP contribution is 2.43. The average Bonchev–Trinajstić information content (AvgIpc) is 2.45. The molecule has 1 atom stereocenters. The smallest absolute Gasteiger partial charge is 0.238 e. The molecule has 0 radical (unpaired) electrons. The van der Waals surface area contributed by atoms with Crippen molar-refractivity contribution in [2.24, 2.45) is 10.8 Å². The minimum absolute atomic E-state index is 0.0147. The topological polar surface area (TPSA) is 72.9 Å². The lowest BCUT2D eigenvalue weighted by atomic mass is 9.67. The van der Waals surface area contributed by atoms with Crippen LogP contribution in [0.3, 0.4) is 0 Å². The summed E-state index contributed by atoms with van der Waals surface area (Å²) in [6, 6.07) is 0. The predicted molar refractivity (Wildman–Crippen MR) is 88.8 cm³/mol. The van der Waals surface area contributed by atoms with Gasteiger partial charge in [0, 0.05) is 39.8 Å². The van der Waals surface area contributed by atoms with Gasteiger partial charge < -0.3 is 15.3 Å². The Bertz CT molecular complexity index is 446. The van der Waals surface area contributed by atoms with Crippen LogP contribution in [0.4, 0.5) is 0 Å². The lowest BCUT2D eigenvalue weighted by Crippen LogP contribution is -2.60. The van der Waals surface area contributed by atoms with E-state index in [9.17, 15) is 14.7 Å². The third kappa shape index (κ3) is 3.69. The van der Waals surface area contributed by atoms with Crippen molar-refractivity contribution < 1.29 is 14.7 Å². The molecule has 0 spiro atoms. The number of rotatable bonds is 4. The monoisotopic (exact) mass is 325 g/mol. The zero-order chi connectivity index (χ0) is 17.3. The number of aliphatic hydroxyl groups excluding tert-OH is 1. The third-order valence-electron chi connectivity index (χ3n) is 5.37. The number of β-amino-alcohol motifs (C(OH)–C–C–N with tert-alkyl or cyclic N) is 1. The summed E-state index contributed by atoms with van der Waals surface area (Å²) in [7, 11) is 1.60. The molecule has 1 aliphatic heterocycles. The lowest BCUT2D eigenvalue weighted by Gasteiger charge is -2.44. The molecule has 2 amide bonds. The summed E-state index contributed by atoms with van der Waals surface area (Å²) in [6.07, 6.45) is 1.88. The van der Waals surface area contributed by atoms with E-state index < -0.39 is 5.41 Å². The van der Waals surface area contributed by atoms with E-state index >= 15 is 0 Å². The molecular weight excluding hydrogens is 294 g/mol. The molecular formula is C17H31N3O3. The maximum atomic E-state index is 12.8. The highest BCUT2D eigenvalue weighted by atomic mass is 16.3. The van der Waals surface area contributed by atoms with Crippen LogP contribution in [0, 0.1) is 10.8 Å². The summed E-state index contributed by atoms with van der Waals surface area (Å²) in [5, 5.41) is 12.9. The minimum atomic E-state index is -0.818. The van der Waals surface area contributed by atoms with E-state index in [1.54, 1.807) is 7.05 Å². The summed E-state index contributed by atoms with van der Waals surface area (Å²) in [4.78, 5) is 28.9. The molecule has 6 nitrogen and oxygen atoms in total. The van der Waals surface area contributed by atoms with Gasteiger partial charge in [0.25, 0.3) is 0 Å². The van der Waals surface area contributed by atoms with Gasteiger partial charge in [-0.1, -0.05) is 27.2 Å². The van der Waals surface area contributed by atoms with Gasteiger partial charge in [0.1, 0.15) is 5.41 Å². The van der Waals surface area contributed by atoms with Gasteiger partial charge in [0.2, 0.25) is 11.8 Å². The second kappa shape index (κ2) is 6.77. The van der Waals surface area contributed by atoms with E-state index in [4.69, 9.17) is 0 Å². The van der Waals surface area contributed by atoms with Crippen LogP contribution in [-0.2, 0) is 9.59 Å². The predicted octanol–water partition coefficient (Wildman–Crippen LogP) is 0.454. The molecule has 1 saturated carbocycles. The van der Waals surface area contributed by atoms with E-state index in [0.717, 1.165) is 19.5 Å². The van der Waals surface area contributed by atoms with Crippen molar-refractivity contribution in [3.8, 4) is 0 Å². The van der Waals surface area contributed by atoms with E-state index in [2.05, 4.69) is 10.2 Å². The summed E-state index contributed by atoms with van der Waals surface area (Å²) in [5.74, 6) is -0.154. The van der Waals surface area contributed by atoms with Crippen LogP contribution in [0.15, 0.2) is 0 Å². The molecule has 2 N–H and O–H groups in total. The second-order valence-corrected chi connectivity index (χ2v) is 7.99. The Morgan fingerprint density at radius 2 is 1.74 bits per heavy atom. The number of hydrogen-bond donors (Lipinski definition) is 2. The molecule has 1 saturated heterocycles. The molecule has 0 aromatic rings. The maximum absolute atomic E-state index is 12.8. The summed E-state index contributed by atoms with van der Waals surface area (Å²) < 4.78 is 0. The van der Waals surface area contributed by atoms with Crippen molar-refractivity contribution in [2.45, 2.75) is 46.1 Å². The van der Waals surface area contributed by atoms with Crippen LogP contribution in [0.1, 0.15) is 40.0 Å². The molecule has 6 heteroatoms. The molecule has 2 aliphatic rings. The van der Waals surface area contributed by atoms with Gasteiger partial charge in [-0.05, 0) is 18.3 Å². The Morgan fingerprint density at radius 1 is 1.17 bits per heavy atom. The minimum Gasteiger partial charge on any atom is -0.391 e. The van der Waals surface area contributed by atoms with Crippen molar-refractivity contribution in [3.63, 3.8) is 0 Å². The zero-order valence-corrected chi connectivity index (χ0v) is 14.9. The first kappa shape index (κ1) is 18.2. The molecule has 2 rings (SSSR count).